The third kappa shape index (κ3) is 5.98. The van der Waals surface area contributed by atoms with Crippen molar-refractivity contribution in [1.29, 1.82) is 0 Å². The number of nitrogens with one attached hydrogen (secondary N) is 3. The minimum atomic E-state index is -3.24. The maximum absolute atomic E-state index is 14.4. The van der Waals surface area contributed by atoms with Crippen LogP contribution in [0.4, 0.5) is 14.6 Å². The number of halogens is 2. The molecule has 3 N–H and O–H groups in total. The van der Waals surface area contributed by atoms with Crippen molar-refractivity contribution in [3.8, 4) is 0 Å². The minimum absolute atomic E-state index is 0.0734. The first kappa shape index (κ1) is 21.8. The van der Waals surface area contributed by atoms with Gasteiger partial charge in [-0.15, -0.1) is 0 Å². The van der Waals surface area contributed by atoms with Crippen molar-refractivity contribution < 1.29 is 22.8 Å². The van der Waals surface area contributed by atoms with E-state index in [1.54, 1.807) is 7.05 Å². The second-order valence-corrected chi connectivity index (χ2v) is 7.65. The van der Waals surface area contributed by atoms with Gasteiger partial charge < -0.3 is 19.4 Å². The lowest BCUT2D eigenvalue weighted by atomic mass is 10.2. The molecule has 2 rings (SSSR count). The Morgan fingerprint density at radius 2 is 2.30 bits per heavy atom. The number of carbonyl (C=O) groups is 1. The second-order valence-electron chi connectivity index (χ2n) is 6.23. The van der Waals surface area contributed by atoms with Crippen LogP contribution >= 0.6 is 8.45 Å². The predicted octanol–water partition coefficient (Wildman–Crippen LogP) is 1.24. The van der Waals surface area contributed by atoms with Crippen LogP contribution in [-0.4, -0.2) is 54.1 Å². The second kappa shape index (κ2) is 9.61. The largest absolute Gasteiger partial charge is 0.373 e. The standard InChI is InChI=1S/C15H24F2N5O4P/c1-10(2)21-27(19-5-7-23)25-9-11-8-15(16,17)13(26-11)22-6-4-12(18-3)20-14(22)24/h4,6-7,10-11,13,19,21H,5,8-9H2,1-3H3,(H,18,20,24). The molecule has 2 heterocycles. The van der Waals surface area contributed by atoms with Crippen LogP contribution in [0.25, 0.3) is 0 Å². The summed E-state index contributed by atoms with van der Waals surface area (Å²) in [6, 6.07) is 1.49. The van der Waals surface area contributed by atoms with Crippen molar-refractivity contribution in [3.63, 3.8) is 0 Å². The van der Waals surface area contributed by atoms with E-state index in [1.807, 2.05) is 13.8 Å². The van der Waals surface area contributed by atoms with Gasteiger partial charge in [0.05, 0.1) is 19.3 Å². The number of hydrogen-bond acceptors (Lipinski definition) is 8. The predicted molar refractivity (Wildman–Crippen MR) is 96.7 cm³/mol. The monoisotopic (exact) mass is 407 g/mol. The molecule has 1 fully saturated rings. The van der Waals surface area contributed by atoms with Gasteiger partial charge in [0.15, 0.2) is 8.45 Å². The van der Waals surface area contributed by atoms with Crippen LogP contribution in [0.3, 0.4) is 0 Å². The molecule has 0 saturated carbocycles. The lowest BCUT2D eigenvalue weighted by molar-refractivity contribution is -0.119. The highest BCUT2D eigenvalue weighted by atomic mass is 31.2. The number of rotatable bonds is 10. The molecule has 12 heteroatoms. The van der Waals surface area contributed by atoms with Gasteiger partial charge in [-0.05, 0) is 19.9 Å². The number of alkyl halides is 2. The van der Waals surface area contributed by atoms with E-state index in [-0.39, 0.29) is 25.0 Å². The highest BCUT2D eigenvalue weighted by Crippen LogP contribution is 2.43. The van der Waals surface area contributed by atoms with Crippen LogP contribution in [0.1, 0.15) is 26.5 Å². The third-order valence-electron chi connectivity index (χ3n) is 3.60. The van der Waals surface area contributed by atoms with Gasteiger partial charge in [-0.2, -0.15) is 4.98 Å². The first-order chi connectivity index (χ1) is 12.8. The number of hydrogen-bond donors (Lipinski definition) is 3. The zero-order valence-corrected chi connectivity index (χ0v) is 16.2. The van der Waals surface area contributed by atoms with Crippen molar-refractivity contribution in [2.75, 3.05) is 25.5 Å². The molecule has 0 aliphatic carbocycles. The number of aromatic nitrogens is 2. The SMILES string of the molecule is CNc1ccn(C2OC(COP(NCC=O)NC(C)C)CC2(F)F)c(=O)n1. The molecular formula is C15H24F2N5O4P. The zero-order valence-electron chi connectivity index (χ0n) is 15.3. The average Bonchev–Trinajstić information content (AvgIpc) is 2.91. The molecule has 0 radical (unpaired) electrons. The molecule has 27 heavy (non-hydrogen) atoms. The topological polar surface area (TPSA) is 107 Å². The third-order valence-corrected chi connectivity index (χ3v) is 5.23. The highest BCUT2D eigenvalue weighted by Gasteiger charge is 2.52. The molecule has 0 spiro atoms. The fourth-order valence-electron chi connectivity index (χ4n) is 2.47. The van der Waals surface area contributed by atoms with Crippen LogP contribution in [-0.2, 0) is 14.1 Å². The van der Waals surface area contributed by atoms with E-state index in [9.17, 15) is 18.4 Å². The first-order valence-electron chi connectivity index (χ1n) is 8.43. The lowest BCUT2D eigenvalue weighted by Gasteiger charge is -2.22. The van der Waals surface area contributed by atoms with E-state index >= 15 is 0 Å². The van der Waals surface area contributed by atoms with E-state index in [1.165, 1.54) is 12.3 Å². The van der Waals surface area contributed by atoms with Gasteiger partial charge in [-0.3, -0.25) is 14.7 Å². The van der Waals surface area contributed by atoms with E-state index in [2.05, 4.69) is 20.5 Å². The van der Waals surface area contributed by atoms with Crippen LogP contribution in [0, 0.1) is 0 Å². The van der Waals surface area contributed by atoms with Gasteiger partial charge in [0.25, 0.3) is 5.92 Å². The van der Waals surface area contributed by atoms with Gasteiger partial charge in [0, 0.05) is 25.7 Å². The maximum atomic E-state index is 14.4. The normalized spacial score (nSPS) is 22.7. The van der Waals surface area contributed by atoms with Gasteiger partial charge in [-0.25, -0.2) is 13.6 Å². The molecule has 1 saturated heterocycles. The molecule has 0 amide bonds. The summed E-state index contributed by atoms with van der Waals surface area (Å²) in [4.78, 5) is 26.2. The summed E-state index contributed by atoms with van der Waals surface area (Å²) in [6.07, 6.45) is -1.33. The quantitative estimate of drug-likeness (QED) is 0.393. The first-order valence-corrected chi connectivity index (χ1v) is 9.69. The Labute approximate surface area is 156 Å². The molecule has 152 valence electrons. The Hall–Kier alpha value is -1.52. The molecule has 1 aliphatic heterocycles. The summed E-state index contributed by atoms with van der Waals surface area (Å²) in [5.74, 6) is -2.96. The maximum Gasteiger partial charge on any atom is 0.351 e. The van der Waals surface area contributed by atoms with Crippen molar-refractivity contribution >= 4 is 20.6 Å². The molecule has 1 aromatic heterocycles. The Bertz CT molecular complexity index is 690. The summed E-state index contributed by atoms with van der Waals surface area (Å²) in [5.41, 5.74) is -0.829. The molecule has 0 bridgehead atoms. The van der Waals surface area contributed by atoms with E-state index in [0.29, 0.717) is 6.29 Å². The highest BCUT2D eigenvalue weighted by molar-refractivity contribution is 7.48. The number of anilines is 1. The summed E-state index contributed by atoms with van der Waals surface area (Å²) < 4.78 is 40.5. The van der Waals surface area contributed by atoms with Crippen molar-refractivity contribution in [1.82, 2.24) is 19.7 Å². The Morgan fingerprint density at radius 3 is 2.89 bits per heavy atom. The van der Waals surface area contributed by atoms with Gasteiger partial charge in [0.2, 0.25) is 6.23 Å². The van der Waals surface area contributed by atoms with Crippen molar-refractivity contribution in [2.45, 2.75) is 44.6 Å². The fourth-order valence-corrected chi connectivity index (χ4v) is 3.75. The Kier molecular flexibility index (Phi) is 7.75. The van der Waals surface area contributed by atoms with E-state index < -0.39 is 38.8 Å². The molecule has 9 nitrogen and oxygen atoms in total. The Morgan fingerprint density at radius 1 is 1.56 bits per heavy atom. The van der Waals surface area contributed by atoms with Crippen molar-refractivity contribution in [3.05, 3.63) is 22.7 Å². The summed E-state index contributed by atoms with van der Waals surface area (Å²) in [5, 5.41) is 8.61. The lowest BCUT2D eigenvalue weighted by Crippen LogP contribution is -2.35. The summed E-state index contributed by atoms with van der Waals surface area (Å²) in [6.45, 7) is 3.76. The molecular weight excluding hydrogens is 383 g/mol. The van der Waals surface area contributed by atoms with E-state index in [0.717, 1.165) is 4.57 Å². The van der Waals surface area contributed by atoms with Crippen molar-refractivity contribution in [2.24, 2.45) is 0 Å². The molecule has 1 aromatic rings. The number of carbonyl (C=O) groups excluding carboxylic acids is 1. The molecule has 1 aliphatic rings. The van der Waals surface area contributed by atoms with Gasteiger partial charge in [0.1, 0.15) is 12.1 Å². The molecule has 3 atom stereocenters. The molecule has 0 aromatic carbocycles. The molecule has 3 unspecified atom stereocenters. The number of nitrogens with zero attached hydrogens (tertiary/aromatic N) is 2. The number of ether oxygens (including phenoxy) is 1. The Balaban J connectivity index is 2.03. The average molecular weight is 407 g/mol. The fraction of sp³-hybridized carbons (Fsp3) is 0.667. The minimum Gasteiger partial charge on any atom is -0.373 e. The number of aldehydes is 1. The van der Waals surface area contributed by atoms with Gasteiger partial charge in [-0.1, -0.05) is 0 Å². The zero-order chi connectivity index (χ0) is 20.0. The van der Waals surface area contributed by atoms with Crippen LogP contribution in [0.5, 0.6) is 0 Å². The summed E-state index contributed by atoms with van der Waals surface area (Å²) >= 11 is 0. The van der Waals surface area contributed by atoms with Crippen LogP contribution in [0.15, 0.2) is 17.1 Å². The van der Waals surface area contributed by atoms with E-state index in [4.69, 9.17) is 9.26 Å². The van der Waals surface area contributed by atoms with Crippen LogP contribution < -0.4 is 21.2 Å². The van der Waals surface area contributed by atoms with Gasteiger partial charge >= 0.3 is 5.69 Å². The smallest absolute Gasteiger partial charge is 0.351 e. The van der Waals surface area contributed by atoms with Crippen LogP contribution in [0.2, 0.25) is 0 Å². The summed E-state index contributed by atoms with van der Waals surface area (Å²) in [7, 11) is 0.192.